The van der Waals surface area contributed by atoms with E-state index in [0.29, 0.717) is 17.9 Å². The lowest BCUT2D eigenvalue weighted by Crippen LogP contribution is -2.33. The van der Waals surface area contributed by atoms with Crippen LogP contribution in [0.2, 0.25) is 0 Å². The van der Waals surface area contributed by atoms with Crippen molar-refractivity contribution in [1.29, 1.82) is 0 Å². The fourth-order valence-corrected chi connectivity index (χ4v) is 4.27. The highest BCUT2D eigenvalue weighted by molar-refractivity contribution is 6.14. The number of ether oxygens (including phenoxy) is 2. The van der Waals surface area contributed by atoms with Gasteiger partial charge in [-0.15, -0.1) is 0 Å². The normalized spacial score (nSPS) is 15.6. The predicted molar refractivity (Wildman–Crippen MR) is 134 cm³/mol. The zero-order valence-corrected chi connectivity index (χ0v) is 20.0. The fourth-order valence-electron chi connectivity index (χ4n) is 4.27. The molecule has 1 unspecified atom stereocenters. The van der Waals surface area contributed by atoms with Crippen LogP contribution >= 0.6 is 0 Å². The van der Waals surface area contributed by atoms with E-state index >= 15 is 0 Å². The van der Waals surface area contributed by atoms with E-state index in [1.807, 2.05) is 36.4 Å². The van der Waals surface area contributed by atoms with Gasteiger partial charge in [-0.2, -0.15) is 0 Å². The minimum Gasteiger partial charge on any atom is -0.503 e. The van der Waals surface area contributed by atoms with Crippen molar-refractivity contribution in [3.8, 4) is 11.5 Å². The first-order valence-electron chi connectivity index (χ1n) is 11.4. The second kappa shape index (κ2) is 10.9. The molecule has 1 atom stereocenters. The highest BCUT2D eigenvalue weighted by atomic mass is 19.1. The van der Waals surface area contributed by atoms with Gasteiger partial charge in [0.1, 0.15) is 5.82 Å². The number of hydrogen-bond acceptors (Lipinski definition) is 5. The van der Waals surface area contributed by atoms with Crippen LogP contribution < -0.4 is 9.47 Å². The molecule has 1 amide bonds. The Bertz CT molecular complexity index is 1330. The second-order valence-corrected chi connectivity index (χ2v) is 8.23. The van der Waals surface area contributed by atoms with Gasteiger partial charge in [-0.05, 0) is 41.8 Å². The number of halogens is 1. The molecule has 3 aromatic rings. The maximum absolute atomic E-state index is 14.9. The van der Waals surface area contributed by atoms with Gasteiger partial charge in [-0.1, -0.05) is 60.7 Å². The summed E-state index contributed by atoms with van der Waals surface area (Å²) < 4.78 is 25.5. The number of nitrogens with zero attached hydrogens (tertiary/aromatic N) is 1. The SMILES string of the molecule is COc1ccc(CCN2C(=O)C(O)=C(C(=O)/C=C/c3ccccc3)C2c2ccccc2F)cc1OC. The summed E-state index contributed by atoms with van der Waals surface area (Å²) in [7, 11) is 3.07. The second-order valence-electron chi connectivity index (χ2n) is 8.23. The Morgan fingerprint density at radius 1 is 1.00 bits per heavy atom. The molecule has 1 aliphatic heterocycles. The minimum absolute atomic E-state index is 0.135. The molecule has 0 aliphatic carbocycles. The molecule has 1 aliphatic rings. The maximum Gasteiger partial charge on any atom is 0.290 e. The van der Waals surface area contributed by atoms with Crippen molar-refractivity contribution < 1.29 is 28.6 Å². The van der Waals surface area contributed by atoms with Crippen molar-refractivity contribution >= 4 is 17.8 Å². The van der Waals surface area contributed by atoms with Gasteiger partial charge in [0, 0.05) is 12.1 Å². The third-order valence-corrected chi connectivity index (χ3v) is 6.09. The number of carbonyl (C=O) groups excluding carboxylic acids is 2. The molecule has 184 valence electrons. The number of carbonyl (C=O) groups is 2. The molecule has 36 heavy (non-hydrogen) atoms. The number of hydrogen-bond donors (Lipinski definition) is 1. The van der Waals surface area contributed by atoms with Crippen LogP contribution in [-0.2, 0) is 16.0 Å². The molecule has 0 saturated carbocycles. The Balaban J connectivity index is 1.66. The third kappa shape index (κ3) is 5.00. The van der Waals surface area contributed by atoms with E-state index in [2.05, 4.69) is 0 Å². The van der Waals surface area contributed by atoms with Crippen molar-refractivity contribution in [3.63, 3.8) is 0 Å². The van der Waals surface area contributed by atoms with E-state index in [1.54, 1.807) is 31.4 Å². The van der Waals surface area contributed by atoms with Gasteiger partial charge >= 0.3 is 0 Å². The van der Waals surface area contributed by atoms with Crippen molar-refractivity contribution in [2.45, 2.75) is 12.5 Å². The van der Waals surface area contributed by atoms with Crippen LogP contribution in [0.4, 0.5) is 4.39 Å². The molecular weight excluding hydrogens is 461 g/mol. The highest BCUT2D eigenvalue weighted by Gasteiger charge is 2.43. The molecular formula is C29H26FNO5. The lowest BCUT2D eigenvalue weighted by Gasteiger charge is -2.27. The summed E-state index contributed by atoms with van der Waals surface area (Å²) in [6.45, 7) is 0.135. The van der Waals surface area contributed by atoms with Crippen molar-refractivity contribution in [2.24, 2.45) is 0 Å². The van der Waals surface area contributed by atoms with Crippen LogP contribution in [0.15, 0.2) is 90.2 Å². The zero-order valence-electron chi connectivity index (χ0n) is 20.0. The Morgan fingerprint density at radius 2 is 1.69 bits per heavy atom. The average Bonchev–Trinajstić information content (AvgIpc) is 3.16. The average molecular weight is 488 g/mol. The van der Waals surface area contributed by atoms with E-state index in [-0.39, 0.29) is 17.7 Å². The number of benzene rings is 3. The molecule has 0 bridgehead atoms. The fraction of sp³-hybridized carbons (Fsp3) is 0.172. The lowest BCUT2D eigenvalue weighted by atomic mass is 9.95. The maximum atomic E-state index is 14.9. The number of allylic oxidation sites excluding steroid dienone is 1. The van der Waals surface area contributed by atoms with Gasteiger partial charge in [0.15, 0.2) is 23.0 Å². The van der Waals surface area contributed by atoms with E-state index in [1.165, 1.54) is 36.3 Å². The Hall–Kier alpha value is -4.39. The predicted octanol–water partition coefficient (Wildman–Crippen LogP) is 5.06. The topological polar surface area (TPSA) is 76.1 Å². The quantitative estimate of drug-likeness (QED) is 0.427. The number of ketones is 1. The van der Waals surface area contributed by atoms with E-state index in [4.69, 9.17) is 9.47 Å². The molecule has 0 radical (unpaired) electrons. The van der Waals surface area contributed by atoms with Gasteiger partial charge in [0.2, 0.25) is 0 Å². The Morgan fingerprint density at radius 3 is 2.39 bits per heavy atom. The van der Waals surface area contributed by atoms with E-state index in [9.17, 15) is 19.1 Å². The molecule has 3 aromatic carbocycles. The summed E-state index contributed by atoms with van der Waals surface area (Å²) in [4.78, 5) is 27.6. The monoisotopic (exact) mass is 487 g/mol. The summed E-state index contributed by atoms with van der Waals surface area (Å²) in [5, 5.41) is 10.7. The number of aliphatic hydroxyl groups excluding tert-OH is 1. The molecule has 0 fully saturated rings. The van der Waals surface area contributed by atoms with Gasteiger partial charge in [-0.3, -0.25) is 9.59 Å². The molecule has 6 nitrogen and oxygen atoms in total. The highest BCUT2D eigenvalue weighted by Crippen LogP contribution is 2.39. The third-order valence-electron chi connectivity index (χ3n) is 6.09. The first kappa shape index (κ1) is 24.7. The van der Waals surface area contributed by atoms with Crippen molar-refractivity contribution in [1.82, 2.24) is 4.90 Å². The van der Waals surface area contributed by atoms with Crippen LogP contribution in [0.3, 0.4) is 0 Å². The standard InChI is InChI=1S/C29H26FNO5/c1-35-24-15-13-20(18-25(24)36-2)16-17-31-27(21-10-6-7-11-22(21)30)26(28(33)29(31)34)23(32)14-12-19-8-4-3-5-9-19/h3-15,18,27,33H,16-17H2,1-2H3/b14-12+. The molecule has 1 N–H and O–H groups in total. The first-order valence-corrected chi connectivity index (χ1v) is 11.4. The number of methoxy groups -OCH3 is 2. The van der Waals surface area contributed by atoms with Gasteiger partial charge in [0.25, 0.3) is 5.91 Å². The van der Waals surface area contributed by atoms with Crippen LogP contribution in [-0.4, -0.2) is 42.5 Å². The zero-order chi connectivity index (χ0) is 25.7. The summed E-state index contributed by atoms with van der Waals surface area (Å²) in [6, 6.07) is 19.4. The van der Waals surface area contributed by atoms with E-state index < -0.39 is 29.3 Å². The van der Waals surface area contributed by atoms with Crippen LogP contribution in [0.1, 0.15) is 22.7 Å². The van der Waals surface area contributed by atoms with Gasteiger partial charge in [-0.25, -0.2) is 4.39 Å². The summed E-state index contributed by atoms with van der Waals surface area (Å²) in [5.74, 6) is -1.42. The largest absolute Gasteiger partial charge is 0.503 e. The van der Waals surface area contributed by atoms with Gasteiger partial charge in [0.05, 0.1) is 25.8 Å². The molecule has 0 spiro atoms. The summed E-state index contributed by atoms with van der Waals surface area (Å²) in [5.41, 5.74) is 1.61. The molecule has 4 rings (SSSR count). The molecule has 7 heteroatoms. The van der Waals surface area contributed by atoms with Crippen LogP contribution in [0.25, 0.3) is 6.08 Å². The Kier molecular flexibility index (Phi) is 7.49. The smallest absolute Gasteiger partial charge is 0.290 e. The van der Waals surface area contributed by atoms with Crippen LogP contribution in [0, 0.1) is 5.82 Å². The number of rotatable bonds is 9. The Labute approximate surface area is 208 Å². The number of amides is 1. The van der Waals surface area contributed by atoms with Crippen molar-refractivity contribution in [2.75, 3.05) is 20.8 Å². The molecule has 0 saturated heterocycles. The first-order chi connectivity index (χ1) is 17.4. The summed E-state index contributed by atoms with van der Waals surface area (Å²) in [6.07, 6.45) is 3.27. The van der Waals surface area contributed by atoms with E-state index in [0.717, 1.165) is 11.1 Å². The lowest BCUT2D eigenvalue weighted by molar-refractivity contribution is -0.129. The van der Waals surface area contributed by atoms with Gasteiger partial charge < -0.3 is 19.5 Å². The summed E-state index contributed by atoms with van der Waals surface area (Å²) >= 11 is 0. The van der Waals surface area contributed by atoms with Crippen molar-refractivity contribution in [3.05, 3.63) is 113 Å². The molecule has 1 heterocycles. The molecule has 0 aromatic heterocycles. The van der Waals surface area contributed by atoms with Crippen LogP contribution in [0.5, 0.6) is 11.5 Å². The number of aliphatic hydroxyl groups is 1. The minimum atomic E-state index is -1.06.